The van der Waals surface area contributed by atoms with Crippen molar-refractivity contribution < 1.29 is 0 Å². The van der Waals surface area contributed by atoms with Gasteiger partial charge >= 0.3 is 0 Å². The number of aryl methyl sites for hydroxylation is 2. The van der Waals surface area contributed by atoms with Gasteiger partial charge in [0.25, 0.3) is 0 Å². The highest BCUT2D eigenvalue weighted by atomic mass is 15.5. The number of nitrogens with zero attached hydrogens (tertiary/aromatic N) is 4. The lowest BCUT2D eigenvalue weighted by atomic mass is 10.1. The number of tetrazole rings is 1. The fourth-order valence-corrected chi connectivity index (χ4v) is 1.46. The van der Waals surface area contributed by atoms with Crippen molar-refractivity contribution in [3.05, 3.63) is 41.2 Å². The number of rotatable bonds is 2. The van der Waals surface area contributed by atoms with Crippen molar-refractivity contribution >= 4 is 5.84 Å². The van der Waals surface area contributed by atoms with E-state index in [0.717, 1.165) is 12.0 Å². The van der Waals surface area contributed by atoms with Crippen LogP contribution < -0.4 is 0 Å². The van der Waals surface area contributed by atoms with Gasteiger partial charge in [-0.3, -0.25) is 5.41 Å². The van der Waals surface area contributed by atoms with Crippen LogP contribution in [-0.2, 0) is 6.42 Å². The molecule has 2 rings (SSSR count). The topological polar surface area (TPSA) is 67.5 Å². The molecule has 82 valence electrons. The molecule has 1 aromatic carbocycles. The molecule has 0 bridgehead atoms. The molecule has 5 heteroatoms. The van der Waals surface area contributed by atoms with E-state index in [9.17, 15) is 0 Å². The van der Waals surface area contributed by atoms with Gasteiger partial charge in [-0.25, -0.2) is 0 Å². The third-order valence-corrected chi connectivity index (χ3v) is 2.47. The summed E-state index contributed by atoms with van der Waals surface area (Å²) in [7, 11) is 0. The standard InChI is InChI=1S/C11H13N5/c1-3-9-4-6-10(7-5-9)11(12)16-8(2)13-14-15-16/h4-7,12H,3H2,1-2H3. The molecule has 2 aromatic rings. The minimum Gasteiger partial charge on any atom is -0.282 e. The lowest BCUT2D eigenvalue weighted by Gasteiger charge is -2.04. The molecular weight excluding hydrogens is 202 g/mol. The normalized spacial score (nSPS) is 10.4. The average molecular weight is 215 g/mol. The number of nitrogens with one attached hydrogen (secondary N) is 1. The Morgan fingerprint density at radius 2 is 2.00 bits per heavy atom. The summed E-state index contributed by atoms with van der Waals surface area (Å²) in [6.07, 6.45) is 0.998. The lowest BCUT2D eigenvalue weighted by molar-refractivity contribution is 0.809. The maximum absolute atomic E-state index is 7.98. The number of hydrogen-bond donors (Lipinski definition) is 1. The zero-order chi connectivity index (χ0) is 11.5. The van der Waals surface area contributed by atoms with Crippen molar-refractivity contribution in [3.63, 3.8) is 0 Å². The van der Waals surface area contributed by atoms with Crippen molar-refractivity contribution in [3.8, 4) is 0 Å². The smallest absolute Gasteiger partial charge is 0.157 e. The molecule has 0 aliphatic carbocycles. The van der Waals surface area contributed by atoms with Crippen LogP contribution in [0.15, 0.2) is 24.3 Å². The highest BCUT2D eigenvalue weighted by Crippen LogP contribution is 2.07. The molecule has 0 saturated heterocycles. The Morgan fingerprint density at radius 1 is 1.31 bits per heavy atom. The molecule has 0 spiro atoms. The van der Waals surface area contributed by atoms with E-state index in [-0.39, 0.29) is 0 Å². The first kappa shape index (κ1) is 10.5. The second-order valence-corrected chi connectivity index (χ2v) is 3.54. The summed E-state index contributed by atoms with van der Waals surface area (Å²) in [6, 6.07) is 7.87. The Morgan fingerprint density at radius 3 is 2.50 bits per heavy atom. The monoisotopic (exact) mass is 215 g/mol. The molecule has 0 aliphatic heterocycles. The summed E-state index contributed by atoms with van der Waals surface area (Å²) < 4.78 is 1.42. The van der Waals surface area contributed by atoms with Gasteiger partial charge in [-0.05, 0) is 29.3 Å². The van der Waals surface area contributed by atoms with Gasteiger partial charge in [0.15, 0.2) is 11.7 Å². The minimum absolute atomic E-state index is 0.296. The number of benzene rings is 1. The highest BCUT2D eigenvalue weighted by molar-refractivity contribution is 5.97. The van der Waals surface area contributed by atoms with Gasteiger partial charge in [-0.1, -0.05) is 31.2 Å². The van der Waals surface area contributed by atoms with Gasteiger partial charge in [0.05, 0.1) is 0 Å². The summed E-state index contributed by atoms with van der Waals surface area (Å²) in [5.74, 6) is 0.912. The largest absolute Gasteiger partial charge is 0.282 e. The molecule has 0 fully saturated rings. The summed E-state index contributed by atoms with van der Waals surface area (Å²) in [5.41, 5.74) is 2.07. The predicted molar refractivity (Wildman–Crippen MR) is 60.6 cm³/mol. The van der Waals surface area contributed by atoms with E-state index in [1.165, 1.54) is 10.2 Å². The van der Waals surface area contributed by atoms with Crippen LogP contribution in [0, 0.1) is 12.3 Å². The molecule has 1 aromatic heterocycles. The fraction of sp³-hybridized carbons (Fsp3) is 0.273. The summed E-state index contributed by atoms with van der Waals surface area (Å²) in [6.45, 7) is 3.88. The zero-order valence-electron chi connectivity index (χ0n) is 9.31. The van der Waals surface area contributed by atoms with Gasteiger partial charge in [0.2, 0.25) is 0 Å². The third kappa shape index (κ3) is 1.84. The van der Waals surface area contributed by atoms with Crippen molar-refractivity contribution in [1.82, 2.24) is 20.2 Å². The van der Waals surface area contributed by atoms with E-state index >= 15 is 0 Å². The van der Waals surface area contributed by atoms with E-state index in [1.807, 2.05) is 24.3 Å². The average Bonchev–Trinajstić information content (AvgIpc) is 2.75. The fourth-order valence-electron chi connectivity index (χ4n) is 1.46. The summed E-state index contributed by atoms with van der Waals surface area (Å²) in [5, 5.41) is 19.0. The molecule has 16 heavy (non-hydrogen) atoms. The molecule has 5 nitrogen and oxygen atoms in total. The molecule has 0 aliphatic rings. The van der Waals surface area contributed by atoms with Gasteiger partial charge in [-0.15, -0.1) is 5.10 Å². The highest BCUT2D eigenvalue weighted by Gasteiger charge is 2.08. The quantitative estimate of drug-likeness (QED) is 0.608. The molecule has 1 heterocycles. The maximum atomic E-state index is 7.98. The first-order valence-electron chi connectivity index (χ1n) is 5.15. The zero-order valence-corrected chi connectivity index (χ0v) is 9.31. The van der Waals surface area contributed by atoms with Crippen molar-refractivity contribution in [2.75, 3.05) is 0 Å². The van der Waals surface area contributed by atoms with E-state index in [1.54, 1.807) is 6.92 Å². The molecule has 0 amide bonds. The Balaban J connectivity index is 2.31. The second kappa shape index (κ2) is 4.22. The van der Waals surface area contributed by atoms with Crippen LogP contribution in [0.3, 0.4) is 0 Å². The number of hydrogen-bond acceptors (Lipinski definition) is 4. The molecule has 1 N–H and O–H groups in total. The maximum Gasteiger partial charge on any atom is 0.157 e. The third-order valence-electron chi connectivity index (χ3n) is 2.47. The van der Waals surface area contributed by atoms with Crippen molar-refractivity contribution in [2.45, 2.75) is 20.3 Å². The molecule has 0 atom stereocenters. The van der Waals surface area contributed by atoms with Gasteiger partial charge in [0.1, 0.15) is 0 Å². The van der Waals surface area contributed by atoms with E-state index in [0.29, 0.717) is 11.7 Å². The van der Waals surface area contributed by atoms with Crippen LogP contribution in [0.5, 0.6) is 0 Å². The number of aromatic nitrogens is 4. The van der Waals surface area contributed by atoms with Crippen LogP contribution in [-0.4, -0.2) is 26.0 Å². The predicted octanol–water partition coefficient (Wildman–Crippen LogP) is 1.42. The van der Waals surface area contributed by atoms with E-state index < -0.39 is 0 Å². The van der Waals surface area contributed by atoms with Gasteiger partial charge in [-0.2, -0.15) is 4.68 Å². The van der Waals surface area contributed by atoms with Crippen LogP contribution in [0.25, 0.3) is 0 Å². The van der Waals surface area contributed by atoms with Crippen molar-refractivity contribution in [1.29, 1.82) is 5.41 Å². The van der Waals surface area contributed by atoms with Crippen LogP contribution in [0.2, 0.25) is 0 Å². The Labute approximate surface area is 93.6 Å². The van der Waals surface area contributed by atoms with E-state index in [2.05, 4.69) is 22.4 Å². The first-order chi connectivity index (χ1) is 7.72. The summed E-state index contributed by atoms with van der Waals surface area (Å²) >= 11 is 0. The van der Waals surface area contributed by atoms with Crippen LogP contribution in [0.1, 0.15) is 23.9 Å². The van der Waals surface area contributed by atoms with Crippen LogP contribution >= 0.6 is 0 Å². The molecular formula is C11H13N5. The van der Waals surface area contributed by atoms with Gasteiger partial charge in [0, 0.05) is 5.56 Å². The molecule has 0 radical (unpaired) electrons. The van der Waals surface area contributed by atoms with E-state index in [4.69, 9.17) is 5.41 Å². The first-order valence-corrected chi connectivity index (χ1v) is 5.15. The lowest BCUT2D eigenvalue weighted by Crippen LogP contribution is -2.15. The molecule has 0 unspecified atom stereocenters. The summed E-state index contributed by atoms with van der Waals surface area (Å²) in [4.78, 5) is 0. The minimum atomic E-state index is 0.296. The Hall–Kier alpha value is -2.04. The Bertz CT molecular complexity index is 497. The van der Waals surface area contributed by atoms with Crippen LogP contribution in [0.4, 0.5) is 0 Å². The van der Waals surface area contributed by atoms with Crippen molar-refractivity contribution in [2.24, 2.45) is 0 Å². The van der Waals surface area contributed by atoms with Gasteiger partial charge < -0.3 is 0 Å². The molecule has 0 saturated carbocycles. The second-order valence-electron chi connectivity index (χ2n) is 3.54. The Kier molecular flexibility index (Phi) is 2.76. The SMILES string of the molecule is CCc1ccc(C(=N)n2nnnc2C)cc1.